The highest BCUT2D eigenvalue weighted by Gasteiger charge is 2.24. The van der Waals surface area contributed by atoms with Crippen molar-refractivity contribution in [3.05, 3.63) is 0 Å². The van der Waals surface area contributed by atoms with Crippen LogP contribution < -0.4 is 0 Å². The number of aliphatic hydroxyl groups excluding tert-OH is 1. The fraction of sp³-hybridized carbons (Fsp3) is 1.00. The van der Waals surface area contributed by atoms with Gasteiger partial charge in [0.25, 0.3) is 0 Å². The van der Waals surface area contributed by atoms with E-state index in [4.69, 9.17) is 21.1 Å². The van der Waals surface area contributed by atoms with Crippen LogP contribution in [0.15, 0.2) is 0 Å². The first-order chi connectivity index (χ1) is 3.84. The van der Waals surface area contributed by atoms with E-state index in [2.05, 4.69) is 0 Å². The molecule has 0 amide bonds. The van der Waals surface area contributed by atoms with Crippen molar-refractivity contribution in [2.75, 3.05) is 6.61 Å². The maximum atomic E-state index is 8.89. The van der Waals surface area contributed by atoms with Crippen molar-refractivity contribution in [3.8, 4) is 0 Å². The van der Waals surface area contributed by atoms with Crippen LogP contribution in [0.1, 0.15) is 6.42 Å². The van der Waals surface area contributed by atoms with Crippen LogP contribution in [0.5, 0.6) is 0 Å². The fourth-order valence-corrected chi connectivity index (χ4v) is 1.76. The van der Waals surface area contributed by atoms with Crippen LogP contribution in [0, 0.1) is 0 Å². The summed E-state index contributed by atoms with van der Waals surface area (Å²) in [6.45, 7) is 0.658. The van der Waals surface area contributed by atoms with Gasteiger partial charge in [-0.25, -0.2) is 0 Å². The van der Waals surface area contributed by atoms with Gasteiger partial charge in [0.15, 0.2) is 6.29 Å². The number of hydrogen-bond donors (Lipinski definition) is 1. The maximum Gasteiger partial charge on any atom is 0.162 e. The van der Waals surface area contributed by atoms with Crippen molar-refractivity contribution >= 4 is 19.2 Å². The molecule has 0 aromatic carbocycles. The first-order valence-electron chi connectivity index (χ1n) is 2.50. The van der Waals surface area contributed by atoms with Crippen molar-refractivity contribution in [1.29, 1.82) is 0 Å². The summed E-state index contributed by atoms with van der Waals surface area (Å²) in [5.74, 6) is 0. The predicted molar refractivity (Wildman–Crippen MR) is 34.5 cm³/mol. The molecule has 0 aliphatic carbocycles. The number of hydrogen-bond acceptors (Lipinski definition) is 2. The van der Waals surface area contributed by atoms with Crippen LogP contribution in [0.2, 0.25) is 0 Å². The van der Waals surface area contributed by atoms with Gasteiger partial charge in [-0.1, -0.05) is 11.2 Å². The first kappa shape index (κ1) is 6.76. The number of ether oxygens (including phenoxy) is 1. The lowest BCUT2D eigenvalue weighted by atomic mass is 10.3. The molecule has 1 fully saturated rings. The zero-order valence-electron chi connectivity index (χ0n) is 4.30. The molecule has 8 heavy (non-hydrogen) atoms. The minimum absolute atomic E-state index is 0.191. The molecule has 48 valence electrons. The van der Waals surface area contributed by atoms with E-state index in [0.29, 0.717) is 6.61 Å². The smallest absolute Gasteiger partial charge is 0.162 e. The molecule has 0 spiro atoms. The van der Waals surface area contributed by atoms with Gasteiger partial charge in [-0.05, 0) is 14.4 Å². The lowest BCUT2D eigenvalue weighted by Crippen LogP contribution is -2.14. The van der Waals surface area contributed by atoms with E-state index in [-0.39, 0.29) is 13.6 Å². The topological polar surface area (TPSA) is 29.5 Å². The van der Waals surface area contributed by atoms with Crippen molar-refractivity contribution in [1.82, 2.24) is 0 Å². The summed E-state index contributed by atoms with van der Waals surface area (Å²) in [4.78, 5) is 0. The highest BCUT2D eigenvalue weighted by Crippen LogP contribution is 2.33. The SMILES string of the molecule is OC1OCC[C@@H]1PCl. The van der Waals surface area contributed by atoms with E-state index in [1.54, 1.807) is 0 Å². The predicted octanol–water partition coefficient (Wildman–Crippen LogP) is 0.926. The molecule has 1 heterocycles. The molecule has 3 atom stereocenters. The highest BCUT2D eigenvalue weighted by molar-refractivity contribution is 7.69. The van der Waals surface area contributed by atoms with E-state index in [1.807, 2.05) is 0 Å². The van der Waals surface area contributed by atoms with Gasteiger partial charge in [0.05, 0.1) is 6.61 Å². The fourth-order valence-electron chi connectivity index (χ4n) is 0.683. The van der Waals surface area contributed by atoms with Gasteiger partial charge < -0.3 is 9.84 Å². The Morgan fingerprint density at radius 2 is 2.50 bits per heavy atom. The average molecular weight is 155 g/mol. The first-order valence-corrected chi connectivity index (χ1v) is 4.59. The molecule has 0 bridgehead atoms. The van der Waals surface area contributed by atoms with Crippen molar-refractivity contribution in [3.63, 3.8) is 0 Å². The summed E-state index contributed by atoms with van der Waals surface area (Å²) in [6.07, 6.45) is 0.314. The van der Waals surface area contributed by atoms with Gasteiger partial charge in [0.2, 0.25) is 0 Å². The Bertz CT molecular complexity index is 80.4. The molecule has 2 unspecified atom stereocenters. The zero-order valence-corrected chi connectivity index (χ0v) is 6.06. The van der Waals surface area contributed by atoms with E-state index in [1.165, 1.54) is 0 Å². The number of rotatable bonds is 1. The highest BCUT2D eigenvalue weighted by atomic mass is 35.7. The third kappa shape index (κ3) is 1.32. The standard InChI is InChI=1S/C4H8ClO2P/c5-8-3-1-2-7-4(3)6/h3-4,6,8H,1-2H2/t3-,4?/m0/s1. The van der Waals surface area contributed by atoms with E-state index >= 15 is 0 Å². The Balaban J connectivity index is 2.30. The van der Waals surface area contributed by atoms with Crippen molar-refractivity contribution in [2.45, 2.75) is 18.4 Å². The van der Waals surface area contributed by atoms with E-state index in [9.17, 15) is 0 Å². The Labute approximate surface area is 54.7 Å². The molecule has 4 heteroatoms. The minimum atomic E-state index is -0.592. The van der Waals surface area contributed by atoms with Crippen molar-refractivity contribution in [2.24, 2.45) is 0 Å². The van der Waals surface area contributed by atoms with Crippen LogP contribution in [0.3, 0.4) is 0 Å². The van der Waals surface area contributed by atoms with Crippen LogP contribution in [-0.4, -0.2) is 23.7 Å². The largest absolute Gasteiger partial charge is 0.367 e. The van der Waals surface area contributed by atoms with Crippen LogP contribution in [0.4, 0.5) is 0 Å². The lowest BCUT2D eigenvalue weighted by molar-refractivity contribution is -0.0563. The van der Waals surface area contributed by atoms with Gasteiger partial charge in [0, 0.05) is 5.66 Å². The summed E-state index contributed by atoms with van der Waals surface area (Å²) < 4.78 is 4.83. The van der Waals surface area contributed by atoms with E-state index in [0.717, 1.165) is 6.42 Å². The molecule has 1 aliphatic heterocycles. The second-order valence-corrected chi connectivity index (χ2v) is 3.38. The zero-order chi connectivity index (χ0) is 5.98. The molecule has 0 aromatic heterocycles. The Morgan fingerprint density at radius 1 is 1.75 bits per heavy atom. The molecule has 2 nitrogen and oxygen atoms in total. The quantitative estimate of drug-likeness (QED) is 0.570. The molecule has 0 aromatic rings. The second kappa shape index (κ2) is 2.98. The number of halogens is 1. The van der Waals surface area contributed by atoms with Crippen molar-refractivity contribution < 1.29 is 9.84 Å². The van der Waals surface area contributed by atoms with Gasteiger partial charge >= 0.3 is 0 Å². The maximum absolute atomic E-state index is 8.89. The third-order valence-corrected chi connectivity index (χ3v) is 2.90. The molecule has 0 saturated carbocycles. The normalized spacial score (nSPS) is 39.8. The second-order valence-electron chi connectivity index (χ2n) is 1.77. The lowest BCUT2D eigenvalue weighted by Gasteiger charge is -2.06. The molecular formula is C4H8ClO2P. The van der Waals surface area contributed by atoms with Crippen LogP contribution in [0.25, 0.3) is 0 Å². The van der Waals surface area contributed by atoms with Gasteiger partial charge in [-0.3, -0.25) is 0 Å². The Morgan fingerprint density at radius 3 is 2.75 bits per heavy atom. The third-order valence-electron chi connectivity index (χ3n) is 1.20. The summed E-state index contributed by atoms with van der Waals surface area (Å²) >= 11 is 5.49. The van der Waals surface area contributed by atoms with Gasteiger partial charge in [-0.15, -0.1) is 0 Å². The molecule has 1 N–H and O–H groups in total. The molecule has 1 saturated heterocycles. The molecule has 1 aliphatic rings. The Kier molecular flexibility index (Phi) is 2.51. The van der Waals surface area contributed by atoms with Gasteiger partial charge in [-0.2, -0.15) is 0 Å². The summed E-state index contributed by atoms with van der Waals surface area (Å²) in [5, 5.41) is 8.89. The minimum Gasteiger partial charge on any atom is -0.367 e. The molecular weight excluding hydrogens is 146 g/mol. The summed E-state index contributed by atoms with van der Waals surface area (Å²) in [7, 11) is 0.289. The van der Waals surface area contributed by atoms with Gasteiger partial charge in [0.1, 0.15) is 0 Å². The average Bonchev–Trinajstić information content (AvgIpc) is 2.14. The molecule has 0 radical (unpaired) electrons. The molecule has 1 rings (SSSR count). The summed E-state index contributed by atoms with van der Waals surface area (Å²) in [5.41, 5.74) is 0.191. The Hall–Kier alpha value is 0.640. The summed E-state index contributed by atoms with van der Waals surface area (Å²) in [6, 6.07) is 0. The van der Waals surface area contributed by atoms with E-state index < -0.39 is 6.29 Å². The van der Waals surface area contributed by atoms with Crippen LogP contribution in [-0.2, 0) is 4.74 Å². The van der Waals surface area contributed by atoms with Crippen LogP contribution >= 0.6 is 19.2 Å². The monoisotopic (exact) mass is 154 g/mol. The number of aliphatic hydroxyl groups is 1.